The van der Waals surface area contributed by atoms with Gasteiger partial charge < -0.3 is 5.11 Å². The number of pyridine rings is 1. The van der Waals surface area contributed by atoms with E-state index in [2.05, 4.69) is 9.98 Å². The predicted molar refractivity (Wildman–Crippen MR) is 64.1 cm³/mol. The Morgan fingerprint density at radius 1 is 1.26 bits per heavy atom. The first kappa shape index (κ1) is 12.6. The van der Waals surface area contributed by atoms with Crippen molar-refractivity contribution in [3.8, 4) is 11.8 Å². The van der Waals surface area contributed by atoms with E-state index >= 15 is 0 Å². The summed E-state index contributed by atoms with van der Waals surface area (Å²) < 4.78 is 25.8. The lowest BCUT2D eigenvalue weighted by atomic mass is 10.1. The van der Waals surface area contributed by atoms with Crippen molar-refractivity contribution in [2.75, 3.05) is 0 Å². The number of aromatic nitrogens is 1. The van der Waals surface area contributed by atoms with Gasteiger partial charge in [0.1, 0.15) is 11.8 Å². The normalized spacial score (nSPS) is 11.1. The monoisotopic (exact) mass is 259 g/mol. The third-order valence-corrected chi connectivity index (χ3v) is 2.31. The molecular formula is C13H7F2N3O. The van der Waals surface area contributed by atoms with Gasteiger partial charge >= 0.3 is 0 Å². The number of aromatic hydroxyl groups is 1. The van der Waals surface area contributed by atoms with E-state index in [1.165, 1.54) is 18.3 Å². The number of hydrogen-bond donors (Lipinski definition) is 1. The molecule has 0 amide bonds. The summed E-state index contributed by atoms with van der Waals surface area (Å²) in [7, 11) is 0. The number of halogens is 2. The largest absolute Gasteiger partial charge is 0.506 e. The third-order valence-electron chi connectivity index (χ3n) is 2.31. The molecule has 19 heavy (non-hydrogen) atoms. The Morgan fingerprint density at radius 3 is 2.68 bits per heavy atom. The van der Waals surface area contributed by atoms with E-state index in [1.807, 2.05) is 0 Å². The second-order valence-electron chi connectivity index (χ2n) is 3.56. The van der Waals surface area contributed by atoms with Crippen molar-refractivity contribution >= 4 is 11.4 Å². The summed E-state index contributed by atoms with van der Waals surface area (Å²) in [5.41, 5.74) is 0.125. The molecule has 0 aliphatic carbocycles. The average molecular weight is 259 g/mol. The molecule has 2 aromatic rings. The second-order valence-corrected chi connectivity index (χ2v) is 3.56. The number of nitriles is 1. The third kappa shape index (κ3) is 2.72. The summed E-state index contributed by atoms with van der Waals surface area (Å²) in [6, 6.07) is 6.20. The highest BCUT2D eigenvalue weighted by Gasteiger charge is 2.09. The smallest absolute Gasteiger partial charge is 0.160 e. The zero-order chi connectivity index (χ0) is 13.8. The van der Waals surface area contributed by atoms with E-state index in [0.29, 0.717) is 0 Å². The molecule has 0 saturated heterocycles. The van der Waals surface area contributed by atoms with Gasteiger partial charge in [0.05, 0.1) is 17.4 Å². The fourth-order valence-electron chi connectivity index (χ4n) is 1.42. The van der Waals surface area contributed by atoms with Crippen LogP contribution in [0.15, 0.2) is 41.7 Å². The molecule has 0 unspecified atom stereocenters. The first-order chi connectivity index (χ1) is 9.11. The Hall–Kier alpha value is -2.81. The summed E-state index contributed by atoms with van der Waals surface area (Å²) in [6.07, 6.45) is 2.54. The van der Waals surface area contributed by atoms with Crippen molar-refractivity contribution in [2.24, 2.45) is 4.99 Å². The molecule has 94 valence electrons. The van der Waals surface area contributed by atoms with Crippen LogP contribution in [0.1, 0.15) is 5.56 Å². The van der Waals surface area contributed by atoms with Crippen LogP contribution in [0.5, 0.6) is 5.75 Å². The van der Waals surface area contributed by atoms with Crippen LogP contribution >= 0.6 is 0 Å². The molecule has 0 spiro atoms. The number of aliphatic imine (C=N–C) groups is 1. The van der Waals surface area contributed by atoms with Crippen molar-refractivity contribution in [1.29, 1.82) is 5.26 Å². The maximum atomic E-state index is 13.0. The minimum Gasteiger partial charge on any atom is -0.506 e. The van der Waals surface area contributed by atoms with Gasteiger partial charge in [-0.1, -0.05) is 0 Å². The predicted octanol–water partition coefficient (Wildman–Crippen LogP) is 2.71. The first-order valence-corrected chi connectivity index (χ1v) is 5.19. The van der Waals surface area contributed by atoms with Crippen molar-refractivity contribution in [1.82, 2.24) is 4.98 Å². The topological polar surface area (TPSA) is 69.3 Å². The lowest BCUT2D eigenvalue weighted by Crippen LogP contribution is -1.97. The molecule has 6 heteroatoms. The van der Waals surface area contributed by atoms with Gasteiger partial charge in [0.25, 0.3) is 0 Å². The molecule has 1 aromatic carbocycles. The molecule has 0 saturated carbocycles. The first-order valence-electron chi connectivity index (χ1n) is 5.19. The minimum atomic E-state index is -1.06. The van der Waals surface area contributed by atoms with Gasteiger partial charge in [-0.05, 0) is 18.2 Å². The average Bonchev–Trinajstić information content (AvgIpc) is 2.41. The van der Waals surface area contributed by atoms with Crippen LogP contribution in [0.3, 0.4) is 0 Å². The van der Waals surface area contributed by atoms with Gasteiger partial charge in [-0.15, -0.1) is 0 Å². The van der Waals surface area contributed by atoms with Crippen LogP contribution < -0.4 is 0 Å². The molecule has 2 rings (SSSR count). The van der Waals surface area contributed by atoms with Gasteiger partial charge in [0.15, 0.2) is 17.3 Å². The maximum absolute atomic E-state index is 13.0. The summed E-state index contributed by atoms with van der Waals surface area (Å²) in [5, 5.41) is 18.6. The highest BCUT2D eigenvalue weighted by atomic mass is 19.2. The fourth-order valence-corrected chi connectivity index (χ4v) is 1.42. The zero-order valence-corrected chi connectivity index (χ0v) is 9.51. The van der Waals surface area contributed by atoms with E-state index in [9.17, 15) is 13.9 Å². The van der Waals surface area contributed by atoms with E-state index in [-0.39, 0.29) is 22.7 Å². The number of benzene rings is 1. The highest BCUT2D eigenvalue weighted by Crippen LogP contribution is 2.20. The van der Waals surface area contributed by atoms with Gasteiger partial charge in [-0.25, -0.2) is 13.8 Å². The standard InChI is InChI=1S/C13H7F2N3O/c14-10-2-1-8(5-11(10)15)18-12(6-16)9-3-4-17-7-13(9)19/h1-5,7,19H. The minimum absolute atomic E-state index is 0.0756. The van der Waals surface area contributed by atoms with Gasteiger partial charge in [-0.2, -0.15) is 5.26 Å². The lowest BCUT2D eigenvalue weighted by molar-refractivity contribution is 0.471. The molecule has 1 heterocycles. The molecule has 0 fully saturated rings. The Morgan fingerprint density at radius 2 is 2.05 bits per heavy atom. The Bertz CT molecular complexity index is 693. The van der Waals surface area contributed by atoms with Crippen LogP contribution in [0.2, 0.25) is 0 Å². The van der Waals surface area contributed by atoms with Gasteiger partial charge in [0.2, 0.25) is 0 Å². The van der Waals surface area contributed by atoms with Crippen molar-refractivity contribution in [3.05, 3.63) is 53.9 Å². The highest BCUT2D eigenvalue weighted by molar-refractivity contribution is 6.14. The lowest BCUT2D eigenvalue weighted by Gasteiger charge is -2.01. The van der Waals surface area contributed by atoms with Crippen molar-refractivity contribution in [3.63, 3.8) is 0 Å². The number of hydrogen-bond acceptors (Lipinski definition) is 4. The summed E-state index contributed by atoms with van der Waals surface area (Å²) >= 11 is 0. The maximum Gasteiger partial charge on any atom is 0.160 e. The van der Waals surface area contributed by atoms with Crippen LogP contribution in [0, 0.1) is 23.0 Å². The van der Waals surface area contributed by atoms with E-state index < -0.39 is 11.6 Å². The molecule has 1 aromatic heterocycles. The quantitative estimate of drug-likeness (QED) is 0.843. The van der Waals surface area contributed by atoms with Crippen LogP contribution in [0.25, 0.3) is 0 Å². The summed E-state index contributed by atoms with van der Waals surface area (Å²) in [5.74, 6) is -2.27. The van der Waals surface area contributed by atoms with E-state index in [1.54, 1.807) is 6.07 Å². The van der Waals surface area contributed by atoms with E-state index in [4.69, 9.17) is 5.26 Å². The second kappa shape index (κ2) is 5.23. The van der Waals surface area contributed by atoms with Crippen molar-refractivity contribution < 1.29 is 13.9 Å². The van der Waals surface area contributed by atoms with Gasteiger partial charge in [0, 0.05) is 12.3 Å². The fraction of sp³-hybridized carbons (Fsp3) is 0. The molecule has 0 aliphatic rings. The molecular weight excluding hydrogens is 252 g/mol. The molecule has 1 N–H and O–H groups in total. The van der Waals surface area contributed by atoms with Crippen LogP contribution in [-0.4, -0.2) is 15.8 Å². The molecule has 0 aliphatic heterocycles. The zero-order valence-electron chi connectivity index (χ0n) is 9.51. The molecule has 0 radical (unpaired) electrons. The van der Waals surface area contributed by atoms with E-state index in [0.717, 1.165) is 18.3 Å². The number of rotatable bonds is 2. The molecule has 4 nitrogen and oxygen atoms in total. The number of nitrogens with zero attached hydrogens (tertiary/aromatic N) is 3. The Kier molecular flexibility index (Phi) is 3.48. The Labute approximate surface area is 107 Å². The molecule has 0 atom stereocenters. The summed E-state index contributed by atoms with van der Waals surface area (Å²) in [6.45, 7) is 0. The molecule has 0 bridgehead atoms. The SMILES string of the molecule is N#CC(=Nc1ccc(F)c(F)c1)c1ccncc1O. The Balaban J connectivity index is 2.48. The van der Waals surface area contributed by atoms with Gasteiger partial charge in [-0.3, -0.25) is 4.98 Å². The van der Waals surface area contributed by atoms with Crippen LogP contribution in [-0.2, 0) is 0 Å². The van der Waals surface area contributed by atoms with Crippen LogP contribution in [0.4, 0.5) is 14.5 Å². The van der Waals surface area contributed by atoms with Crippen molar-refractivity contribution in [2.45, 2.75) is 0 Å². The summed E-state index contributed by atoms with van der Waals surface area (Å²) in [4.78, 5) is 7.54.